The molecule has 0 radical (unpaired) electrons. The number of nitrogens with one attached hydrogen (secondary N) is 2. The van der Waals surface area contributed by atoms with E-state index in [9.17, 15) is 18.8 Å². The molecule has 3 atom stereocenters. The Morgan fingerprint density at radius 1 is 1.15 bits per heavy atom. The summed E-state index contributed by atoms with van der Waals surface area (Å²) in [5.41, 5.74) is 2.54. The van der Waals surface area contributed by atoms with Crippen LogP contribution in [0.4, 0.5) is 9.18 Å². The van der Waals surface area contributed by atoms with Crippen LogP contribution in [0.2, 0.25) is 0 Å². The van der Waals surface area contributed by atoms with Crippen molar-refractivity contribution in [2.75, 3.05) is 32.7 Å². The molecule has 0 aromatic heterocycles. The van der Waals surface area contributed by atoms with E-state index in [0.29, 0.717) is 45.6 Å². The number of unbranched alkanes of at least 4 members (excludes halogenated alkanes) is 1. The van der Waals surface area contributed by atoms with Crippen LogP contribution < -0.4 is 10.6 Å². The molecular weight excluding hydrogens is 511 g/mol. The van der Waals surface area contributed by atoms with Crippen molar-refractivity contribution in [2.45, 2.75) is 64.6 Å². The number of rotatable bonds is 11. The molecule has 2 fully saturated rings. The van der Waals surface area contributed by atoms with Crippen molar-refractivity contribution in [3.8, 4) is 0 Å². The highest BCUT2D eigenvalue weighted by Gasteiger charge is 2.35. The number of carbonyl (C=O) groups excluding carboxylic acids is 3. The Balaban J connectivity index is 1.39. The summed E-state index contributed by atoms with van der Waals surface area (Å²) in [5, 5.41) is 6.63. The molecular formula is C31H41FN4O4. The molecule has 8 nitrogen and oxygen atoms in total. The molecule has 0 saturated carbocycles. The minimum atomic E-state index is -0.398. The van der Waals surface area contributed by atoms with E-state index in [1.807, 2.05) is 43.3 Å². The SMILES string of the molecule is CCCCN1CC(C(=O)NC(Cc2cc(C)cc(F)c2)C[C@H]2CN(C(=O)OCc3ccccc3)CCN2)CC1=O. The third-order valence-electron chi connectivity index (χ3n) is 7.59. The van der Waals surface area contributed by atoms with Crippen LogP contribution in [0.5, 0.6) is 0 Å². The van der Waals surface area contributed by atoms with Gasteiger partial charge in [-0.1, -0.05) is 49.7 Å². The standard InChI is InChI=1S/C31H41FN4O4/c1-3-4-11-35-19-25(17-29(35)37)30(38)34-27(16-24-13-22(2)14-26(32)15-24)18-28-20-36(12-10-33-28)31(39)40-21-23-8-6-5-7-9-23/h5-9,13-15,25,27-28,33H,3-4,10-12,16-21H2,1-2H3,(H,34,38)/t25?,27?,28-/m0/s1. The van der Waals surface area contributed by atoms with E-state index < -0.39 is 5.92 Å². The maximum absolute atomic E-state index is 14.2. The predicted molar refractivity (Wildman–Crippen MR) is 151 cm³/mol. The lowest BCUT2D eigenvalue weighted by molar-refractivity contribution is -0.129. The number of likely N-dealkylation sites (tertiary alicyclic amines) is 1. The van der Waals surface area contributed by atoms with Gasteiger partial charge in [-0.2, -0.15) is 0 Å². The topological polar surface area (TPSA) is 91.0 Å². The van der Waals surface area contributed by atoms with Gasteiger partial charge in [0.1, 0.15) is 12.4 Å². The summed E-state index contributed by atoms with van der Waals surface area (Å²) in [6, 6.07) is 14.1. The van der Waals surface area contributed by atoms with Gasteiger partial charge >= 0.3 is 6.09 Å². The Kier molecular flexibility index (Phi) is 10.5. The van der Waals surface area contributed by atoms with Crippen molar-refractivity contribution in [1.82, 2.24) is 20.4 Å². The molecule has 2 N–H and O–H groups in total. The first kappa shape index (κ1) is 29.5. The first-order valence-electron chi connectivity index (χ1n) is 14.3. The Morgan fingerprint density at radius 2 is 1.95 bits per heavy atom. The number of hydrogen-bond donors (Lipinski definition) is 2. The van der Waals surface area contributed by atoms with E-state index in [1.54, 1.807) is 9.80 Å². The number of amides is 3. The maximum Gasteiger partial charge on any atom is 0.410 e. The van der Waals surface area contributed by atoms with Gasteiger partial charge in [-0.3, -0.25) is 9.59 Å². The monoisotopic (exact) mass is 552 g/mol. The summed E-state index contributed by atoms with van der Waals surface area (Å²) in [7, 11) is 0. The minimum Gasteiger partial charge on any atom is -0.445 e. The molecule has 2 saturated heterocycles. The third-order valence-corrected chi connectivity index (χ3v) is 7.59. The van der Waals surface area contributed by atoms with E-state index in [-0.39, 0.29) is 48.8 Å². The van der Waals surface area contributed by atoms with Crippen molar-refractivity contribution in [3.05, 3.63) is 71.0 Å². The first-order valence-corrected chi connectivity index (χ1v) is 14.3. The smallest absolute Gasteiger partial charge is 0.410 e. The number of ether oxygens (including phenoxy) is 1. The Bertz CT molecular complexity index is 1140. The van der Waals surface area contributed by atoms with Crippen molar-refractivity contribution < 1.29 is 23.5 Å². The highest BCUT2D eigenvalue weighted by molar-refractivity contribution is 5.89. The van der Waals surface area contributed by atoms with Crippen LogP contribution in [0, 0.1) is 18.7 Å². The van der Waals surface area contributed by atoms with Gasteiger partial charge in [-0.05, 0) is 55.0 Å². The van der Waals surface area contributed by atoms with E-state index in [0.717, 1.165) is 29.5 Å². The lowest BCUT2D eigenvalue weighted by Gasteiger charge is -2.35. The van der Waals surface area contributed by atoms with Crippen LogP contribution >= 0.6 is 0 Å². The molecule has 2 aliphatic rings. The highest BCUT2D eigenvalue weighted by Crippen LogP contribution is 2.21. The van der Waals surface area contributed by atoms with E-state index in [4.69, 9.17) is 4.74 Å². The average molecular weight is 553 g/mol. The largest absolute Gasteiger partial charge is 0.445 e. The third kappa shape index (κ3) is 8.52. The lowest BCUT2D eigenvalue weighted by Crippen LogP contribution is -2.55. The highest BCUT2D eigenvalue weighted by atomic mass is 19.1. The zero-order valence-electron chi connectivity index (χ0n) is 23.5. The Labute approximate surface area is 236 Å². The number of hydrogen-bond acceptors (Lipinski definition) is 5. The van der Waals surface area contributed by atoms with Crippen LogP contribution in [0.3, 0.4) is 0 Å². The minimum absolute atomic E-state index is 0.0181. The summed E-state index contributed by atoms with van der Waals surface area (Å²) in [6.45, 7) is 6.81. The summed E-state index contributed by atoms with van der Waals surface area (Å²) in [5.74, 6) is -0.842. The summed E-state index contributed by atoms with van der Waals surface area (Å²) in [6.07, 6.45) is 2.74. The van der Waals surface area contributed by atoms with E-state index in [1.165, 1.54) is 12.1 Å². The Morgan fingerprint density at radius 3 is 2.70 bits per heavy atom. The molecule has 0 spiro atoms. The lowest BCUT2D eigenvalue weighted by atomic mass is 9.96. The van der Waals surface area contributed by atoms with Crippen molar-refractivity contribution >= 4 is 17.9 Å². The molecule has 4 rings (SSSR count). The molecule has 9 heteroatoms. The summed E-state index contributed by atoms with van der Waals surface area (Å²) < 4.78 is 19.7. The van der Waals surface area contributed by atoms with Crippen LogP contribution in [-0.4, -0.2) is 72.5 Å². The van der Waals surface area contributed by atoms with Gasteiger partial charge in [0, 0.05) is 51.2 Å². The number of halogens is 1. The van der Waals surface area contributed by atoms with E-state index in [2.05, 4.69) is 17.6 Å². The quantitative estimate of drug-likeness (QED) is 0.443. The number of nitrogens with zero attached hydrogens (tertiary/aromatic N) is 2. The van der Waals surface area contributed by atoms with Gasteiger partial charge in [-0.25, -0.2) is 9.18 Å². The van der Waals surface area contributed by atoms with Crippen molar-refractivity contribution in [2.24, 2.45) is 5.92 Å². The molecule has 2 aromatic rings. The molecule has 3 amide bonds. The van der Waals surface area contributed by atoms with E-state index >= 15 is 0 Å². The normalized spacial score (nSPS) is 19.9. The molecule has 0 bridgehead atoms. The fourth-order valence-electron chi connectivity index (χ4n) is 5.54. The van der Waals surface area contributed by atoms with Crippen molar-refractivity contribution in [1.29, 1.82) is 0 Å². The molecule has 0 aliphatic carbocycles. The molecule has 2 aromatic carbocycles. The number of piperazine rings is 1. The van der Waals surface area contributed by atoms with Gasteiger partial charge in [-0.15, -0.1) is 0 Å². The number of aryl methyl sites for hydroxylation is 1. The van der Waals surface area contributed by atoms with Gasteiger partial charge in [0.05, 0.1) is 5.92 Å². The number of benzene rings is 2. The van der Waals surface area contributed by atoms with Gasteiger partial charge < -0.3 is 25.2 Å². The Hall–Kier alpha value is -3.46. The van der Waals surface area contributed by atoms with Crippen LogP contribution in [0.25, 0.3) is 0 Å². The van der Waals surface area contributed by atoms with Gasteiger partial charge in [0.25, 0.3) is 0 Å². The van der Waals surface area contributed by atoms with Crippen molar-refractivity contribution in [3.63, 3.8) is 0 Å². The zero-order valence-corrected chi connectivity index (χ0v) is 23.5. The molecule has 2 heterocycles. The van der Waals surface area contributed by atoms with Gasteiger partial charge in [0.15, 0.2) is 0 Å². The number of carbonyl (C=O) groups is 3. The predicted octanol–water partition coefficient (Wildman–Crippen LogP) is 3.81. The van der Waals surface area contributed by atoms with Crippen LogP contribution in [-0.2, 0) is 27.4 Å². The van der Waals surface area contributed by atoms with Gasteiger partial charge in [0.2, 0.25) is 11.8 Å². The second-order valence-corrected chi connectivity index (χ2v) is 11.0. The second kappa shape index (κ2) is 14.3. The fraction of sp³-hybridized carbons (Fsp3) is 0.516. The molecule has 2 unspecified atom stereocenters. The maximum atomic E-state index is 14.2. The first-order chi connectivity index (χ1) is 19.3. The molecule has 2 aliphatic heterocycles. The van der Waals surface area contributed by atoms with Crippen LogP contribution in [0.1, 0.15) is 49.3 Å². The van der Waals surface area contributed by atoms with Crippen LogP contribution in [0.15, 0.2) is 48.5 Å². The zero-order chi connectivity index (χ0) is 28.5. The fourth-order valence-corrected chi connectivity index (χ4v) is 5.54. The molecule has 216 valence electrons. The average Bonchev–Trinajstić information content (AvgIpc) is 3.31. The summed E-state index contributed by atoms with van der Waals surface area (Å²) >= 11 is 0. The molecule has 40 heavy (non-hydrogen) atoms. The summed E-state index contributed by atoms with van der Waals surface area (Å²) in [4.78, 5) is 42.0. The second-order valence-electron chi connectivity index (χ2n) is 11.0.